The van der Waals surface area contributed by atoms with Crippen molar-refractivity contribution in [2.45, 2.75) is 128 Å². The van der Waals surface area contributed by atoms with Crippen molar-refractivity contribution in [1.29, 1.82) is 0 Å². The number of carbonyl (C=O) groups excluding carboxylic acids is 3. The van der Waals surface area contributed by atoms with Gasteiger partial charge in [0.15, 0.2) is 0 Å². The maximum Gasteiger partial charge on any atom is 0.242 e. The Morgan fingerprint density at radius 3 is 2.26 bits per heavy atom. The molecule has 0 aromatic carbocycles. The zero-order valence-electron chi connectivity index (χ0n) is 27.0. The Hall–Kier alpha value is -2.23. The Balaban J connectivity index is 2.36. The van der Waals surface area contributed by atoms with Crippen LogP contribution in [0.4, 0.5) is 0 Å². The predicted molar refractivity (Wildman–Crippen MR) is 174 cm³/mol. The standard InChI is InChI=1S/C33H62N6O3/c1-4-5-6-7-8-9-10-11-12-13-14-15-16-17-18-22-31(40)37-28-26-30(32(41)36-24-25-38(2)3)39(27-28)33(42)29(35)21-19-20-23-34/h8-9,11-12,28-30H,4-7,10,13-27,34-35H2,1-3H3,(H,36,41)(H,37,40)/b9-8-,12-11-/t28-,29+,30?/m0/s1. The maximum atomic E-state index is 13.2. The third-order valence-corrected chi connectivity index (χ3v) is 7.75. The Labute approximate surface area is 256 Å². The van der Waals surface area contributed by atoms with E-state index in [4.69, 9.17) is 11.5 Å². The molecule has 3 amide bonds. The van der Waals surface area contributed by atoms with Gasteiger partial charge in [-0.05, 0) is 78.4 Å². The van der Waals surface area contributed by atoms with Crippen molar-refractivity contribution < 1.29 is 14.4 Å². The highest BCUT2D eigenvalue weighted by Crippen LogP contribution is 2.21. The summed E-state index contributed by atoms with van der Waals surface area (Å²) in [4.78, 5) is 42.4. The molecule has 9 nitrogen and oxygen atoms in total. The summed E-state index contributed by atoms with van der Waals surface area (Å²) in [6, 6.07) is -1.54. The van der Waals surface area contributed by atoms with Crippen LogP contribution in [0, 0.1) is 0 Å². The fraction of sp³-hybridized carbons (Fsp3) is 0.788. The summed E-state index contributed by atoms with van der Waals surface area (Å²) >= 11 is 0. The van der Waals surface area contributed by atoms with E-state index in [9.17, 15) is 14.4 Å². The van der Waals surface area contributed by atoms with Crippen LogP contribution in [0.25, 0.3) is 0 Å². The first-order valence-electron chi connectivity index (χ1n) is 16.6. The van der Waals surface area contributed by atoms with E-state index in [1.54, 1.807) is 4.90 Å². The minimum absolute atomic E-state index is 0.0148. The molecular weight excluding hydrogens is 528 g/mol. The van der Waals surface area contributed by atoms with Gasteiger partial charge in [-0.3, -0.25) is 14.4 Å². The van der Waals surface area contributed by atoms with Gasteiger partial charge in [-0.1, -0.05) is 69.8 Å². The number of nitrogens with two attached hydrogens (primary N) is 2. The quantitative estimate of drug-likeness (QED) is 0.0991. The van der Waals surface area contributed by atoms with E-state index >= 15 is 0 Å². The van der Waals surface area contributed by atoms with E-state index in [1.165, 1.54) is 38.5 Å². The fourth-order valence-corrected chi connectivity index (χ4v) is 5.20. The lowest BCUT2D eigenvalue weighted by molar-refractivity contribution is -0.139. The lowest BCUT2D eigenvalue weighted by atomic mass is 10.1. The summed E-state index contributed by atoms with van der Waals surface area (Å²) in [5, 5.41) is 6.01. The molecule has 1 heterocycles. The smallest absolute Gasteiger partial charge is 0.242 e. The van der Waals surface area contributed by atoms with Gasteiger partial charge in [0.2, 0.25) is 17.7 Å². The molecule has 0 bridgehead atoms. The van der Waals surface area contributed by atoms with Crippen molar-refractivity contribution in [2.75, 3.05) is 40.3 Å². The zero-order chi connectivity index (χ0) is 31.0. The molecule has 0 spiro atoms. The average molecular weight is 591 g/mol. The number of unbranched alkanes of at least 4 members (excludes halogenated alkanes) is 9. The van der Waals surface area contributed by atoms with E-state index in [2.05, 4.69) is 41.9 Å². The van der Waals surface area contributed by atoms with Crippen LogP contribution in [0.15, 0.2) is 24.3 Å². The van der Waals surface area contributed by atoms with Crippen molar-refractivity contribution in [3.05, 3.63) is 24.3 Å². The first-order valence-corrected chi connectivity index (χ1v) is 16.6. The normalized spacial score (nSPS) is 17.9. The monoisotopic (exact) mass is 590 g/mol. The molecular formula is C33H62N6O3. The molecule has 0 aliphatic carbocycles. The summed E-state index contributed by atoms with van der Waals surface area (Å²) in [5.41, 5.74) is 11.8. The molecule has 1 fully saturated rings. The molecule has 1 aliphatic heterocycles. The van der Waals surface area contributed by atoms with Crippen LogP contribution in [-0.2, 0) is 14.4 Å². The van der Waals surface area contributed by atoms with Gasteiger partial charge in [-0.15, -0.1) is 0 Å². The molecule has 1 rings (SSSR count). The van der Waals surface area contributed by atoms with Crippen molar-refractivity contribution in [1.82, 2.24) is 20.4 Å². The largest absolute Gasteiger partial charge is 0.353 e. The van der Waals surface area contributed by atoms with Crippen molar-refractivity contribution >= 4 is 17.7 Å². The van der Waals surface area contributed by atoms with E-state index in [1.807, 2.05) is 19.0 Å². The molecule has 9 heteroatoms. The Bertz CT molecular complexity index is 801. The lowest BCUT2D eigenvalue weighted by Gasteiger charge is -2.26. The number of carbonyl (C=O) groups is 3. The highest BCUT2D eigenvalue weighted by atomic mass is 16.2. The number of amides is 3. The van der Waals surface area contributed by atoms with E-state index in [0.29, 0.717) is 45.4 Å². The van der Waals surface area contributed by atoms with Crippen LogP contribution in [0.5, 0.6) is 0 Å². The van der Waals surface area contributed by atoms with E-state index in [-0.39, 0.29) is 23.8 Å². The van der Waals surface area contributed by atoms with Gasteiger partial charge in [0.1, 0.15) is 6.04 Å². The first-order chi connectivity index (χ1) is 20.3. The number of hydrogen-bond acceptors (Lipinski definition) is 6. The maximum absolute atomic E-state index is 13.2. The number of likely N-dealkylation sites (tertiary alicyclic amines) is 1. The number of hydrogen-bond donors (Lipinski definition) is 4. The molecule has 6 N–H and O–H groups in total. The molecule has 0 radical (unpaired) electrons. The van der Waals surface area contributed by atoms with Gasteiger partial charge in [-0.2, -0.15) is 0 Å². The van der Waals surface area contributed by atoms with Crippen LogP contribution in [0.1, 0.15) is 110 Å². The molecule has 0 aromatic rings. The zero-order valence-corrected chi connectivity index (χ0v) is 27.0. The molecule has 1 unspecified atom stereocenters. The van der Waals surface area contributed by atoms with Crippen molar-refractivity contribution in [3.63, 3.8) is 0 Å². The summed E-state index contributed by atoms with van der Waals surface area (Å²) in [6.07, 6.45) is 24.6. The van der Waals surface area contributed by atoms with Gasteiger partial charge in [0.25, 0.3) is 0 Å². The first kappa shape index (κ1) is 37.8. The van der Waals surface area contributed by atoms with Crippen LogP contribution in [0.3, 0.4) is 0 Å². The lowest BCUT2D eigenvalue weighted by Crippen LogP contribution is -2.52. The Kier molecular flexibility index (Phi) is 21.8. The minimum atomic E-state index is -0.671. The highest BCUT2D eigenvalue weighted by Gasteiger charge is 2.41. The summed E-state index contributed by atoms with van der Waals surface area (Å²) in [7, 11) is 3.88. The Morgan fingerprint density at radius 1 is 0.929 bits per heavy atom. The van der Waals surface area contributed by atoms with E-state index < -0.39 is 12.1 Å². The molecule has 242 valence electrons. The predicted octanol–water partition coefficient (Wildman–Crippen LogP) is 4.02. The Morgan fingerprint density at radius 2 is 1.60 bits per heavy atom. The second kappa shape index (κ2) is 24.2. The average Bonchev–Trinajstić information content (AvgIpc) is 3.38. The second-order valence-electron chi connectivity index (χ2n) is 12.0. The van der Waals surface area contributed by atoms with Crippen molar-refractivity contribution in [2.24, 2.45) is 11.5 Å². The number of likely N-dealkylation sites (N-methyl/N-ethyl adjacent to an activating group) is 1. The van der Waals surface area contributed by atoms with E-state index in [0.717, 1.165) is 44.9 Å². The number of nitrogens with one attached hydrogen (secondary N) is 2. The van der Waals surface area contributed by atoms with Gasteiger partial charge in [-0.25, -0.2) is 0 Å². The molecule has 1 aliphatic rings. The number of rotatable bonds is 24. The third-order valence-electron chi connectivity index (χ3n) is 7.75. The highest BCUT2D eigenvalue weighted by molar-refractivity contribution is 5.90. The second-order valence-corrected chi connectivity index (χ2v) is 12.0. The number of nitrogens with zero attached hydrogens (tertiary/aromatic N) is 2. The fourth-order valence-electron chi connectivity index (χ4n) is 5.20. The van der Waals surface area contributed by atoms with Crippen LogP contribution in [0.2, 0.25) is 0 Å². The third kappa shape index (κ3) is 17.7. The van der Waals surface area contributed by atoms with Gasteiger partial charge in [0.05, 0.1) is 6.04 Å². The topological polar surface area (TPSA) is 134 Å². The summed E-state index contributed by atoms with van der Waals surface area (Å²) in [5.74, 6) is -0.436. The number of allylic oxidation sites excluding steroid dienone is 4. The molecule has 42 heavy (non-hydrogen) atoms. The SMILES string of the molecule is CCCCC/C=C\C/C=C\CCCCCCCC(=O)N[C@H]1CC(C(=O)NCCN(C)C)N(C(=O)[C@H](N)CCCCN)C1. The van der Waals surface area contributed by atoms with Gasteiger partial charge < -0.3 is 31.9 Å². The molecule has 1 saturated heterocycles. The summed E-state index contributed by atoms with van der Waals surface area (Å²) in [6.45, 7) is 4.31. The van der Waals surface area contributed by atoms with Crippen LogP contribution >= 0.6 is 0 Å². The minimum Gasteiger partial charge on any atom is -0.353 e. The summed E-state index contributed by atoms with van der Waals surface area (Å²) < 4.78 is 0. The molecule has 0 saturated carbocycles. The molecule has 0 aromatic heterocycles. The van der Waals surface area contributed by atoms with Gasteiger partial charge >= 0.3 is 0 Å². The molecule has 3 atom stereocenters. The van der Waals surface area contributed by atoms with Crippen LogP contribution in [-0.4, -0.2) is 85.9 Å². The van der Waals surface area contributed by atoms with Crippen LogP contribution < -0.4 is 22.1 Å². The van der Waals surface area contributed by atoms with Gasteiger partial charge in [0, 0.05) is 32.1 Å². The van der Waals surface area contributed by atoms with Crippen molar-refractivity contribution in [3.8, 4) is 0 Å².